The van der Waals surface area contributed by atoms with Gasteiger partial charge in [-0.05, 0) is 30.2 Å². The monoisotopic (exact) mass is 365 g/mol. The lowest BCUT2D eigenvalue weighted by Crippen LogP contribution is -2.26. The molecule has 0 aliphatic carbocycles. The summed E-state index contributed by atoms with van der Waals surface area (Å²) in [4.78, 5) is 26.2. The van der Waals surface area contributed by atoms with Gasteiger partial charge in [-0.25, -0.2) is 15.0 Å². The number of aromatic nitrogens is 4. The van der Waals surface area contributed by atoms with Crippen molar-refractivity contribution in [3.63, 3.8) is 0 Å². The standard InChI is InChI=1S/C16H14F3N5O2/c17-16(18,19)11-3-5-21-14(24-11)12(13(20)26)15-22-9-2-1-8(4-6-25)7-10(9)23-15/h1-3,5,7,12,25H,4,6H2,(H2,20,26)(H,22,23). The molecule has 0 spiro atoms. The summed E-state index contributed by atoms with van der Waals surface area (Å²) < 4.78 is 38.6. The van der Waals surface area contributed by atoms with Gasteiger partial charge >= 0.3 is 6.18 Å². The molecule has 7 nitrogen and oxygen atoms in total. The molecule has 3 aromatic rings. The van der Waals surface area contributed by atoms with Crippen molar-refractivity contribution >= 4 is 16.9 Å². The van der Waals surface area contributed by atoms with Crippen LogP contribution < -0.4 is 5.73 Å². The van der Waals surface area contributed by atoms with Crippen molar-refractivity contribution < 1.29 is 23.1 Å². The van der Waals surface area contributed by atoms with E-state index in [2.05, 4.69) is 19.9 Å². The molecule has 0 saturated carbocycles. The number of halogens is 3. The number of benzene rings is 1. The maximum Gasteiger partial charge on any atom is 0.433 e. The second kappa shape index (κ2) is 6.71. The fourth-order valence-electron chi connectivity index (χ4n) is 2.55. The number of nitrogens with one attached hydrogen (secondary N) is 1. The molecule has 0 bridgehead atoms. The molecule has 0 fully saturated rings. The molecule has 2 heterocycles. The molecule has 136 valence electrons. The Labute approximate surface area is 145 Å². The molecule has 4 N–H and O–H groups in total. The summed E-state index contributed by atoms with van der Waals surface area (Å²) in [6, 6.07) is 5.86. The van der Waals surface area contributed by atoms with Crippen molar-refractivity contribution in [3.05, 3.63) is 53.4 Å². The van der Waals surface area contributed by atoms with Crippen LogP contribution in [-0.4, -0.2) is 37.6 Å². The number of hydrogen-bond donors (Lipinski definition) is 3. The van der Waals surface area contributed by atoms with Gasteiger partial charge in [0.2, 0.25) is 5.91 Å². The van der Waals surface area contributed by atoms with E-state index in [1.165, 1.54) is 0 Å². The molecule has 0 aliphatic rings. The molecule has 0 radical (unpaired) electrons. The Kier molecular flexibility index (Phi) is 4.60. The second-order valence-corrected chi connectivity index (χ2v) is 5.58. The number of aromatic amines is 1. The minimum atomic E-state index is -4.67. The molecule has 0 aliphatic heterocycles. The van der Waals surface area contributed by atoms with Gasteiger partial charge < -0.3 is 15.8 Å². The Bertz CT molecular complexity index is 954. The van der Waals surface area contributed by atoms with E-state index in [1.54, 1.807) is 18.2 Å². The van der Waals surface area contributed by atoms with Crippen LogP contribution in [0.2, 0.25) is 0 Å². The zero-order chi connectivity index (χ0) is 18.9. The summed E-state index contributed by atoms with van der Waals surface area (Å²) in [7, 11) is 0. The van der Waals surface area contributed by atoms with E-state index in [9.17, 15) is 18.0 Å². The topological polar surface area (TPSA) is 118 Å². The number of carbonyl (C=O) groups excluding carboxylic acids is 1. The molecular weight excluding hydrogens is 351 g/mol. The van der Waals surface area contributed by atoms with E-state index in [4.69, 9.17) is 10.8 Å². The number of rotatable bonds is 5. The number of amides is 1. The van der Waals surface area contributed by atoms with E-state index in [0.29, 0.717) is 23.5 Å². The average molecular weight is 365 g/mol. The number of carbonyl (C=O) groups is 1. The third-order valence-corrected chi connectivity index (χ3v) is 3.75. The van der Waals surface area contributed by atoms with Crippen molar-refractivity contribution in [1.82, 2.24) is 19.9 Å². The molecular formula is C16H14F3N5O2. The van der Waals surface area contributed by atoms with Gasteiger partial charge in [0.25, 0.3) is 0 Å². The fourth-order valence-corrected chi connectivity index (χ4v) is 2.55. The van der Waals surface area contributed by atoms with Crippen molar-refractivity contribution in [1.29, 1.82) is 0 Å². The maximum absolute atomic E-state index is 12.9. The quantitative estimate of drug-likeness (QED) is 0.634. The van der Waals surface area contributed by atoms with Gasteiger partial charge in [-0.15, -0.1) is 0 Å². The SMILES string of the molecule is NC(=O)C(c1nccc(C(F)(F)F)n1)c1nc2ccc(CCO)cc2[nH]1. The lowest BCUT2D eigenvalue weighted by molar-refractivity contribution is -0.141. The second-order valence-electron chi connectivity index (χ2n) is 5.58. The number of nitrogens with two attached hydrogens (primary N) is 1. The number of hydrogen-bond acceptors (Lipinski definition) is 5. The molecule has 1 atom stereocenters. The predicted molar refractivity (Wildman–Crippen MR) is 85.0 cm³/mol. The number of nitrogens with zero attached hydrogens (tertiary/aromatic N) is 3. The number of aliphatic hydroxyl groups excluding tert-OH is 1. The van der Waals surface area contributed by atoms with Crippen molar-refractivity contribution in [3.8, 4) is 0 Å². The van der Waals surface area contributed by atoms with Crippen LogP contribution in [0, 0.1) is 0 Å². The van der Waals surface area contributed by atoms with Crippen LogP contribution in [0.4, 0.5) is 13.2 Å². The lowest BCUT2D eigenvalue weighted by Gasteiger charge is -2.11. The van der Waals surface area contributed by atoms with Crippen molar-refractivity contribution in [2.75, 3.05) is 6.61 Å². The molecule has 1 amide bonds. The van der Waals surface area contributed by atoms with Crippen LogP contribution in [0.1, 0.15) is 28.8 Å². The molecule has 2 aromatic heterocycles. The van der Waals surface area contributed by atoms with Gasteiger partial charge in [-0.2, -0.15) is 13.2 Å². The lowest BCUT2D eigenvalue weighted by atomic mass is 10.1. The Morgan fingerprint density at radius 3 is 2.69 bits per heavy atom. The molecule has 1 unspecified atom stereocenters. The highest BCUT2D eigenvalue weighted by Crippen LogP contribution is 2.29. The normalized spacial score (nSPS) is 13.1. The molecule has 10 heteroatoms. The highest BCUT2D eigenvalue weighted by atomic mass is 19.4. The summed E-state index contributed by atoms with van der Waals surface area (Å²) in [6.45, 7) is -0.0332. The van der Waals surface area contributed by atoms with Gasteiger partial charge in [-0.1, -0.05) is 6.07 Å². The number of alkyl halides is 3. The number of primary amides is 1. The number of aliphatic hydroxyl groups is 1. The molecule has 0 saturated heterocycles. The number of fused-ring (bicyclic) bond motifs is 1. The molecule has 3 rings (SSSR count). The minimum absolute atomic E-state index is 0.0332. The first-order valence-corrected chi connectivity index (χ1v) is 7.58. The third-order valence-electron chi connectivity index (χ3n) is 3.75. The Balaban J connectivity index is 2.06. The van der Waals surface area contributed by atoms with Crippen LogP contribution in [0.3, 0.4) is 0 Å². The first kappa shape index (κ1) is 17.8. The molecule has 26 heavy (non-hydrogen) atoms. The van der Waals surface area contributed by atoms with Crippen molar-refractivity contribution in [2.24, 2.45) is 5.73 Å². The van der Waals surface area contributed by atoms with Crippen molar-refractivity contribution in [2.45, 2.75) is 18.5 Å². The van der Waals surface area contributed by atoms with Crippen LogP contribution in [0.25, 0.3) is 11.0 Å². The average Bonchev–Trinajstić information content (AvgIpc) is 2.97. The Morgan fingerprint density at radius 1 is 1.27 bits per heavy atom. The van der Waals surface area contributed by atoms with Gasteiger partial charge in [-0.3, -0.25) is 4.79 Å². The predicted octanol–water partition coefficient (Wildman–Crippen LogP) is 1.52. The van der Waals surface area contributed by atoms with Crippen LogP contribution >= 0.6 is 0 Å². The first-order valence-electron chi connectivity index (χ1n) is 7.58. The summed E-state index contributed by atoms with van der Waals surface area (Å²) in [6.07, 6.45) is -3.32. The largest absolute Gasteiger partial charge is 0.433 e. The fraction of sp³-hybridized carbons (Fsp3) is 0.250. The highest BCUT2D eigenvalue weighted by molar-refractivity contribution is 5.85. The van der Waals surface area contributed by atoms with E-state index < -0.39 is 23.7 Å². The smallest absolute Gasteiger partial charge is 0.396 e. The first-order chi connectivity index (χ1) is 12.3. The highest BCUT2D eigenvalue weighted by Gasteiger charge is 2.35. The summed E-state index contributed by atoms with van der Waals surface area (Å²) >= 11 is 0. The van der Waals surface area contributed by atoms with Crippen LogP contribution in [0.15, 0.2) is 30.5 Å². The summed E-state index contributed by atoms with van der Waals surface area (Å²) in [5.74, 6) is -2.63. The zero-order valence-corrected chi connectivity index (χ0v) is 13.3. The van der Waals surface area contributed by atoms with Crippen LogP contribution in [0.5, 0.6) is 0 Å². The van der Waals surface area contributed by atoms with E-state index in [-0.39, 0.29) is 18.3 Å². The van der Waals surface area contributed by atoms with E-state index in [0.717, 1.165) is 11.8 Å². The minimum Gasteiger partial charge on any atom is -0.396 e. The van der Waals surface area contributed by atoms with Gasteiger partial charge in [0.15, 0.2) is 5.92 Å². The number of imidazole rings is 1. The Hall–Kier alpha value is -3.01. The van der Waals surface area contributed by atoms with Gasteiger partial charge in [0.05, 0.1) is 11.0 Å². The Morgan fingerprint density at radius 2 is 2.04 bits per heavy atom. The number of H-pyrrole nitrogens is 1. The maximum atomic E-state index is 12.9. The van der Waals surface area contributed by atoms with E-state index >= 15 is 0 Å². The molecule has 1 aromatic carbocycles. The van der Waals surface area contributed by atoms with Gasteiger partial charge in [0, 0.05) is 12.8 Å². The summed E-state index contributed by atoms with van der Waals surface area (Å²) in [5, 5.41) is 9.00. The zero-order valence-electron chi connectivity index (χ0n) is 13.3. The van der Waals surface area contributed by atoms with Crippen LogP contribution in [-0.2, 0) is 17.4 Å². The third kappa shape index (κ3) is 3.49. The van der Waals surface area contributed by atoms with Gasteiger partial charge in [0.1, 0.15) is 17.3 Å². The summed E-state index contributed by atoms with van der Waals surface area (Å²) in [5.41, 5.74) is 6.09. The van der Waals surface area contributed by atoms with E-state index in [1.807, 2.05) is 0 Å².